The molecule has 1 N–H and O–H groups in total. The van der Waals surface area contributed by atoms with E-state index in [1.807, 2.05) is 17.0 Å². The standard InChI is InChI=1S/C36H40N6O3S/c1-26-17-27(2)19-29(18-26)24-41-16-15-40(35(41)30(21-37)22-38)14-11-34(43)42(25-32-9-10-33(46-32)36(44)45)31-8-6-7-28(20-31)23-39-12-4-3-5-13-39/h6-10,17-20H,3-5,11-16,23-25H2,1-2H3,(H,44,45). The number of carbonyl (C=O) groups excluding carboxylic acids is 1. The Morgan fingerprint density at radius 1 is 0.870 bits per heavy atom. The first-order valence-corrected chi connectivity index (χ1v) is 16.6. The molecule has 0 aliphatic carbocycles. The molecule has 2 fully saturated rings. The second-order valence-electron chi connectivity index (χ2n) is 12.1. The first-order chi connectivity index (χ1) is 22.2. The van der Waals surface area contributed by atoms with Crippen LogP contribution in [0.1, 0.15) is 62.5 Å². The molecule has 3 aromatic rings. The molecular formula is C36H40N6O3S. The molecule has 0 radical (unpaired) electrons. The van der Waals surface area contributed by atoms with Gasteiger partial charge in [0.15, 0.2) is 5.57 Å². The molecule has 3 heterocycles. The number of hydrogen-bond donors (Lipinski definition) is 1. The molecule has 238 valence electrons. The van der Waals surface area contributed by atoms with E-state index in [9.17, 15) is 25.2 Å². The van der Waals surface area contributed by atoms with Gasteiger partial charge < -0.3 is 19.8 Å². The summed E-state index contributed by atoms with van der Waals surface area (Å²) in [6.07, 6.45) is 3.82. The van der Waals surface area contributed by atoms with Crippen LogP contribution in [0.4, 0.5) is 5.69 Å². The van der Waals surface area contributed by atoms with Crippen LogP contribution < -0.4 is 4.90 Å². The van der Waals surface area contributed by atoms with Gasteiger partial charge in [0.1, 0.15) is 22.8 Å². The summed E-state index contributed by atoms with van der Waals surface area (Å²) < 4.78 is 0. The zero-order chi connectivity index (χ0) is 32.6. The van der Waals surface area contributed by atoms with E-state index < -0.39 is 5.97 Å². The number of amides is 1. The van der Waals surface area contributed by atoms with Gasteiger partial charge in [0.25, 0.3) is 0 Å². The van der Waals surface area contributed by atoms with Gasteiger partial charge in [-0.2, -0.15) is 10.5 Å². The van der Waals surface area contributed by atoms with Crippen LogP contribution in [0.5, 0.6) is 0 Å². The molecule has 10 heteroatoms. The van der Waals surface area contributed by atoms with Gasteiger partial charge in [-0.3, -0.25) is 9.69 Å². The number of allylic oxidation sites excluding steroid dienone is 1. The van der Waals surface area contributed by atoms with E-state index in [1.165, 1.54) is 30.6 Å². The summed E-state index contributed by atoms with van der Waals surface area (Å²) in [6.45, 7) is 9.47. The lowest BCUT2D eigenvalue weighted by Crippen LogP contribution is -2.34. The number of piperidine rings is 1. The predicted molar refractivity (Wildman–Crippen MR) is 179 cm³/mol. The zero-order valence-electron chi connectivity index (χ0n) is 26.5. The van der Waals surface area contributed by atoms with E-state index in [1.54, 1.807) is 17.0 Å². The molecule has 0 spiro atoms. The van der Waals surface area contributed by atoms with Crippen molar-refractivity contribution in [1.82, 2.24) is 14.7 Å². The molecule has 9 nitrogen and oxygen atoms in total. The molecule has 2 saturated heterocycles. The molecule has 46 heavy (non-hydrogen) atoms. The average molecular weight is 637 g/mol. The van der Waals surface area contributed by atoms with Crippen molar-refractivity contribution in [3.05, 3.63) is 98.0 Å². The lowest BCUT2D eigenvalue weighted by molar-refractivity contribution is -0.119. The number of carboxylic acids is 1. The minimum absolute atomic E-state index is 0.0383. The van der Waals surface area contributed by atoms with Crippen LogP contribution in [0.3, 0.4) is 0 Å². The summed E-state index contributed by atoms with van der Waals surface area (Å²) in [7, 11) is 0. The second kappa shape index (κ2) is 15.1. The van der Waals surface area contributed by atoms with Gasteiger partial charge in [0, 0.05) is 49.7 Å². The Hall–Kier alpha value is -4.64. The fourth-order valence-corrected chi connectivity index (χ4v) is 7.30. The maximum Gasteiger partial charge on any atom is 0.345 e. The van der Waals surface area contributed by atoms with Crippen LogP contribution in [0.15, 0.2) is 66.0 Å². The number of hydrogen-bond acceptors (Lipinski definition) is 8. The summed E-state index contributed by atoms with van der Waals surface area (Å²) in [5.41, 5.74) is 5.36. The molecule has 0 unspecified atom stereocenters. The Kier molecular flexibility index (Phi) is 10.7. The Morgan fingerprint density at radius 2 is 1.59 bits per heavy atom. The number of aromatic carboxylic acids is 1. The smallest absolute Gasteiger partial charge is 0.345 e. The normalized spacial score (nSPS) is 15.0. The monoisotopic (exact) mass is 636 g/mol. The highest BCUT2D eigenvalue weighted by Crippen LogP contribution is 2.28. The topological polar surface area (TPSA) is 115 Å². The SMILES string of the molecule is Cc1cc(C)cc(CN2CCN(CCC(=O)N(Cc3ccc(C(=O)O)s3)c3cccc(CN4CCCCC4)c3)C2=C(C#N)C#N)c1. The quantitative estimate of drug-likeness (QED) is 0.253. The highest BCUT2D eigenvalue weighted by Gasteiger charge is 2.30. The Bertz CT molecular complexity index is 1660. The van der Waals surface area contributed by atoms with Gasteiger partial charge >= 0.3 is 5.97 Å². The van der Waals surface area contributed by atoms with Crippen LogP contribution in [-0.4, -0.2) is 64.4 Å². The molecule has 1 amide bonds. The van der Waals surface area contributed by atoms with Crippen LogP contribution in [-0.2, 0) is 24.4 Å². The van der Waals surface area contributed by atoms with Gasteiger partial charge in [-0.15, -0.1) is 11.3 Å². The number of thiophene rings is 1. The molecule has 0 atom stereocenters. The summed E-state index contributed by atoms with van der Waals surface area (Å²) in [6, 6.07) is 21.9. The molecule has 0 bridgehead atoms. The van der Waals surface area contributed by atoms with Crippen molar-refractivity contribution in [1.29, 1.82) is 10.5 Å². The summed E-state index contributed by atoms with van der Waals surface area (Å²) in [4.78, 5) is 34.8. The number of likely N-dealkylation sites (tertiary alicyclic amines) is 1. The van der Waals surface area contributed by atoms with E-state index in [2.05, 4.69) is 66.1 Å². The molecule has 5 rings (SSSR count). The van der Waals surface area contributed by atoms with E-state index in [-0.39, 0.29) is 29.3 Å². The minimum atomic E-state index is -0.984. The minimum Gasteiger partial charge on any atom is -0.477 e. The summed E-state index contributed by atoms with van der Waals surface area (Å²) in [5, 5.41) is 29.1. The Balaban J connectivity index is 1.36. The highest BCUT2D eigenvalue weighted by atomic mass is 32.1. The highest BCUT2D eigenvalue weighted by molar-refractivity contribution is 7.13. The van der Waals surface area contributed by atoms with Crippen LogP contribution in [0.25, 0.3) is 0 Å². The van der Waals surface area contributed by atoms with Crippen molar-refractivity contribution >= 4 is 28.9 Å². The van der Waals surface area contributed by atoms with E-state index in [4.69, 9.17) is 0 Å². The number of nitrogens with zero attached hydrogens (tertiary/aromatic N) is 6. The first kappa shape index (κ1) is 32.7. The molecule has 0 saturated carbocycles. The lowest BCUT2D eigenvalue weighted by atomic mass is 10.1. The van der Waals surface area contributed by atoms with Crippen molar-refractivity contribution in [2.45, 2.75) is 59.2 Å². The Labute approximate surface area is 275 Å². The van der Waals surface area contributed by atoms with Crippen LogP contribution in [0, 0.1) is 36.5 Å². The number of benzene rings is 2. The third-order valence-corrected chi connectivity index (χ3v) is 9.56. The largest absolute Gasteiger partial charge is 0.477 e. The van der Waals surface area contributed by atoms with Crippen molar-refractivity contribution in [3.63, 3.8) is 0 Å². The van der Waals surface area contributed by atoms with Gasteiger partial charge in [-0.25, -0.2) is 4.79 Å². The lowest BCUT2D eigenvalue weighted by Gasteiger charge is -2.28. The van der Waals surface area contributed by atoms with Crippen molar-refractivity contribution in [2.75, 3.05) is 37.6 Å². The molecule has 2 aliphatic rings. The Morgan fingerprint density at radius 3 is 2.26 bits per heavy atom. The maximum absolute atomic E-state index is 14.0. The van der Waals surface area contributed by atoms with Gasteiger partial charge in [0.05, 0.1) is 6.54 Å². The van der Waals surface area contributed by atoms with Crippen molar-refractivity contribution < 1.29 is 14.7 Å². The summed E-state index contributed by atoms with van der Waals surface area (Å²) >= 11 is 1.17. The fourth-order valence-electron chi connectivity index (χ4n) is 6.47. The molecule has 1 aromatic heterocycles. The number of carboxylic acid groups (broad SMARTS) is 1. The number of aryl methyl sites for hydroxylation is 2. The second-order valence-corrected chi connectivity index (χ2v) is 13.3. The van der Waals surface area contributed by atoms with Gasteiger partial charge in [-0.1, -0.05) is 47.9 Å². The van der Waals surface area contributed by atoms with Crippen molar-refractivity contribution in [3.8, 4) is 12.1 Å². The predicted octanol–water partition coefficient (Wildman–Crippen LogP) is 6.05. The molecular weight excluding hydrogens is 597 g/mol. The fraction of sp³-hybridized carbons (Fsp3) is 0.389. The third kappa shape index (κ3) is 8.14. The van der Waals surface area contributed by atoms with Crippen LogP contribution in [0.2, 0.25) is 0 Å². The zero-order valence-corrected chi connectivity index (χ0v) is 27.4. The van der Waals surface area contributed by atoms with Gasteiger partial charge in [0.2, 0.25) is 5.91 Å². The first-order valence-electron chi connectivity index (χ1n) is 15.8. The van der Waals surface area contributed by atoms with E-state index >= 15 is 0 Å². The molecule has 2 aliphatic heterocycles. The third-order valence-electron chi connectivity index (χ3n) is 8.50. The van der Waals surface area contributed by atoms with Crippen molar-refractivity contribution in [2.24, 2.45) is 0 Å². The van der Waals surface area contributed by atoms with Gasteiger partial charge in [-0.05, 0) is 75.2 Å². The number of rotatable bonds is 11. The van der Waals surface area contributed by atoms with E-state index in [0.717, 1.165) is 52.5 Å². The van der Waals surface area contributed by atoms with Crippen LogP contribution >= 0.6 is 11.3 Å². The number of anilines is 1. The number of nitriles is 2. The number of carbonyl (C=O) groups is 2. The summed E-state index contributed by atoms with van der Waals surface area (Å²) in [5.74, 6) is -0.526. The van der Waals surface area contributed by atoms with E-state index in [0.29, 0.717) is 32.0 Å². The molecule has 2 aromatic carbocycles. The average Bonchev–Trinajstić information content (AvgIpc) is 3.67. The maximum atomic E-state index is 14.0.